The Labute approximate surface area is 96.5 Å². The van der Waals surface area contributed by atoms with Crippen LogP contribution in [-0.2, 0) is 16.3 Å². The van der Waals surface area contributed by atoms with Gasteiger partial charge in [-0.15, -0.1) is 0 Å². The fraction of sp³-hybridized carbons (Fsp3) is 0.455. The number of hydrogen-bond acceptors (Lipinski definition) is 4. The van der Waals surface area contributed by atoms with E-state index in [1.165, 1.54) is 6.26 Å². The number of methoxy groups -OCH3 is 1. The molecule has 1 aromatic carbocycles. The summed E-state index contributed by atoms with van der Waals surface area (Å²) in [4.78, 5) is 0.289. The van der Waals surface area contributed by atoms with Crippen LogP contribution in [0.4, 0.5) is 0 Å². The lowest BCUT2D eigenvalue weighted by Gasteiger charge is -2.09. The second-order valence-electron chi connectivity index (χ2n) is 3.60. The van der Waals surface area contributed by atoms with Crippen molar-refractivity contribution in [3.8, 4) is 5.75 Å². The number of likely N-dealkylation sites (N-methyl/N-ethyl adjacent to an activating group) is 1. The number of ether oxygens (including phenoxy) is 1. The Hall–Kier alpha value is -1.07. The first kappa shape index (κ1) is 13.0. The molecule has 1 rings (SSSR count). The lowest BCUT2D eigenvalue weighted by atomic mass is 10.1. The van der Waals surface area contributed by atoms with Crippen molar-refractivity contribution < 1.29 is 13.2 Å². The summed E-state index contributed by atoms with van der Waals surface area (Å²) in [5, 5.41) is 3.04. The molecular formula is C11H17NO3S. The van der Waals surface area contributed by atoms with E-state index in [4.69, 9.17) is 4.74 Å². The molecule has 0 spiro atoms. The average Bonchev–Trinajstić information content (AvgIpc) is 2.24. The normalized spacial score (nSPS) is 11.4. The maximum Gasteiger partial charge on any atom is 0.175 e. The van der Waals surface area contributed by atoms with Gasteiger partial charge in [-0.2, -0.15) is 0 Å². The molecule has 0 saturated heterocycles. The van der Waals surface area contributed by atoms with E-state index in [-0.39, 0.29) is 4.90 Å². The molecule has 0 radical (unpaired) electrons. The van der Waals surface area contributed by atoms with Crippen molar-refractivity contribution in [2.45, 2.75) is 11.3 Å². The topological polar surface area (TPSA) is 55.4 Å². The van der Waals surface area contributed by atoms with Gasteiger partial charge in [0.15, 0.2) is 9.84 Å². The van der Waals surface area contributed by atoms with Crippen LogP contribution in [0.1, 0.15) is 5.56 Å². The molecule has 0 aliphatic heterocycles. The molecule has 0 aromatic heterocycles. The van der Waals surface area contributed by atoms with E-state index >= 15 is 0 Å². The Morgan fingerprint density at radius 3 is 2.56 bits per heavy atom. The zero-order valence-corrected chi connectivity index (χ0v) is 10.6. The molecular weight excluding hydrogens is 226 g/mol. The molecule has 4 nitrogen and oxygen atoms in total. The van der Waals surface area contributed by atoms with Crippen LogP contribution in [0.25, 0.3) is 0 Å². The first-order chi connectivity index (χ1) is 7.49. The number of sulfone groups is 1. The summed E-state index contributed by atoms with van der Waals surface area (Å²) in [6, 6.07) is 4.98. The lowest BCUT2D eigenvalue weighted by Crippen LogP contribution is -2.11. The highest BCUT2D eigenvalue weighted by molar-refractivity contribution is 7.90. The van der Waals surface area contributed by atoms with Crippen LogP contribution in [0.3, 0.4) is 0 Å². The second-order valence-corrected chi connectivity index (χ2v) is 5.62. The fourth-order valence-corrected chi connectivity index (χ4v) is 2.06. The zero-order valence-electron chi connectivity index (χ0n) is 9.78. The summed E-state index contributed by atoms with van der Waals surface area (Å²) in [6.07, 6.45) is 2.00. The summed E-state index contributed by atoms with van der Waals surface area (Å²) >= 11 is 0. The number of hydrogen-bond donors (Lipinski definition) is 1. The van der Waals surface area contributed by atoms with Gasteiger partial charge >= 0.3 is 0 Å². The molecule has 0 aliphatic rings. The van der Waals surface area contributed by atoms with Crippen LogP contribution < -0.4 is 10.1 Å². The molecule has 0 fully saturated rings. The summed E-state index contributed by atoms with van der Waals surface area (Å²) in [7, 11) is 0.250. The maximum atomic E-state index is 11.4. The number of nitrogens with one attached hydrogen (secondary N) is 1. The van der Waals surface area contributed by atoms with Crippen LogP contribution in [0.5, 0.6) is 5.75 Å². The molecule has 90 valence electrons. The minimum Gasteiger partial charge on any atom is -0.496 e. The van der Waals surface area contributed by atoms with Gasteiger partial charge in [0.25, 0.3) is 0 Å². The SMILES string of the molecule is CNCCc1ccc(S(C)(=O)=O)cc1OC. The van der Waals surface area contributed by atoms with E-state index in [2.05, 4.69) is 5.32 Å². The quantitative estimate of drug-likeness (QED) is 0.833. The zero-order chi connectivity index (χ0) is 12.2. The first-order valence-corrected chi connectivity index (χ1v) is 6.89. The molecule has 1 aromatic rings. The van der Waals surface area contributed by atoms with E-state index < -0.39 is 9.84 Å². The Morgan fingerprint density at radius 1 is 1.38 bits per heavy atom. The van der Waals surface area contributed by atoms with Crippen LogP contribution in [0.15, 0.2) is 23.1 Å². The molecule has 1 N–H and O–H groups in total. The van der Waals surface area contributed by atoms with Crippen molar-refractivity contribution in [2.75, 3.05) is 27.0 Å². The maximum absolute atomic E-state index is 11.4. The third-order valence-electron chi connectivity index (χ3n) is 2.33. The first-order valence-electron chi connectivity index (χ1n) is 5.00. The highest BCUT2D eigenvalue weighted by atomic mass is 32.2. The number of rotatable bonds is 5. The van der Waals surface area contributed by atoms with Crippen molar-refractivity contribution in [2.24, 2.45) is 0 Å². The Kier molecular flexibility index (Phi) is 4.32. The molecule has 5 heteroatoms. The standard InChI is InChI=1S/C11H17NO3S/c1-12-7-6-9-4-5-10(16(3,13)14)8-11(9)15-2/h4-5,8,12H,6-7H2,1-3H3. The van der Waals surface area contributed by atoms with Gasteiger partial charge in [0.05, 0.1) is 12.0 Å². The third kappa shape index (κ3) is 3.21. The third-order valence-corrected chi connectivity index (χ3v) is 3.44. The largest absolute Gasteiger partial charge is 0.496 e. The fourth-order valence-electron chi connectivity index (χ4n) is 1.42. The van der Waals surface area contributed by atoms with Crippen molar-refractivity contribution in [1.82, 2.24) is 5.32 Å². The molecule has 0 unspecified atom stereocenters. The smallest absolute Gasteiger partial charge is 0.175 e. The Morgan fingerprint density at radius 2 is 2.06 bits per heavy atom. The predicted octanol–water partition coefficient (Wildman–Crippen LogP) is 0.861. The monoisotopic (exact) mass is 243 g/mol. The van der Waals surface area contributed by atoms with Gasteiger partial charge in [0.1, 0.15) is 5.75 Å². The van der Waals surface area contributed by atoms with Gasteiger partial charge < -0.3 is 10.1 Å². The molecule has 0 bridgehead atoms. The predicted molar refractivity (Wildman–Crippen MR) is 63.7 cm³/mol. The van der Waals surface area contributed by atoms with Gasteiger partial charge in [-0.3, -0.25) is 0 Å². The van der Waals surface area contributed by atoms with Crippen molar-refractivity contribution >= 4 is 9.84 Å². The van der Waals surface area contributed by atoms with Gasteiger partial charge in [-0.25, -0.2) is 8.42 Å². The Bertz CT molecular complexity index is 454. The van der Waals surface area contributed by atoms with Crippen LogP contribution in [0, 0.1) is 0 Å². The summed E-state index contributed by atoms with van der Waals surface area (Å²) in [6.45, 7) is 0.828. The molecule has 16 heavy (non-hydrogen) atoms. The molecule has 0 atom stereocenters. The van der Waals surface area contributed by atoms with Crippen molar-refractivity contribution in [3.05, 3.63) is 23.8 Å². The minimum absolute atomic E-state index is 0.289. The lowest BCUT2D eigenvalue weighted by molar-refractivity contribution is 0.408. The van der Waals surface area contributed by atoms with Gasteiger partial charge in [-0.05, 0) is 37.7 Å². The summed E-state index contributed by atoms with van der Waals surface area (Å²) in [5.41, 5.74) is 1.00. The average molecular weight is 243 g/mol. The molecule has 0 amide bonds. The summed E-state index contributed by atoms with van der Waals surface area (Å²) in [5.74, 6) is 0.623. The van der Waals surface area contributed by atoms with E-state index in [1.807, 2.05) is 7.05 Å². The molecule has 0 aliphatic carbocycles. The van der Waals surface area contributed by atoms with Gasteiger partial charge in [0, 0.05) is 6.26 Å². The second kappa shape index (κ2) is 5.32. The van der Waals surface area contributed by atoms with E-state index in [1.54, 1.807) is 25.3 Å². The van der Waals surface area contributed by atoms with E-state index in [9.17, 15) is 8.42 Å². The van der Waals surface area contributed by atoms with Crippen molar-refractivity contribution in [1.29, 1.82) is 0 Å². The minimum atomic E-state index is -3.17. The highest BCUT2D eigenvalue weighted by Gasteiger charge is 2.11. The van der Waals surface area contributed by atoms with E-state index in [0.717, 1.165) is 18.5 Å². The van der Waals surface area contributed by atoms with Gasteiger partial charge in [0.2, 0.25) is 0 Å². The van der Waals surface area contributed by atoms with Crippen molar-refractivity contribution in [3.63, 3.8) is 0 Å². The Balaban J connectivity index is 3.07. The van der Waals surface area contributed by atoms with Gasteiger partial charge in [-0.1, -0.05) is 6.07 Å². The van der Waals surface area contributed by atoms with Crippen LogP contribution >= 0.6 is 0 Å². The van der Waals surface area contributed by atoms with E-state index in [0.29, 0.717) is 5.75 Å². The molecule has 0 heterocycles. The number of benzene rings is 1. The molecule has 0 saturated carbocycles. The summed E-state index contributed by atoms with van der Waals surface area (Å²) < 4.78 is 27.9. The van der Waals surface area contributed by atoms with Crippen LogP contribution in [0.2, 0.25) is 0 Å². The highest BCUT2D eigenvalue weighted by Crippen LogP contribution is 2.23. The van der Waals surface area contributed by atoms with Crippen LogP contribution in [-0.4, -0.2) is 35.4 Å².